The summed E-state index contributed by atoms with van der Waals surface area (Å²) in [5.41, 5.74) is 16.6. The molecule has 0 spiro atoms. The van der Waals surface area contributed by atoms with Gasteiger partial charge in [-0.15, -0.1) is 0 Å². The second kappa shape index (κ2) is 11.7. The molecule has 0 bridgehead atoms. The molecule has 2 unspecified atom stereocenters. The van der Waals surface area contributed by atoms with Crippen LogP contribution < -0.4 is 9.80 Å². The number of anilines is 5. The Morgan fingerprint density at radius 3 is 2.13 bits per heavy atom. The Labute approximate surface area is 315 Å². The third kappa shape index (κ3) is 4.48. The van der Waals surface area contributed by atoms with Gasteiger partial charge in [0.1, 0.15) is 11.2 Å². The van der Waals surface area contributed by atoms with Crippen LogP contribution in [0.3, 0.4) is 0 Å². The maximum absolute atomic E-state index is 6.43. The highest BCUT2D eigenvalue weighted by atomic mass is 16.3. The first kappa shape index (κ1) is 31.0. The van der Waals surface area contributed by atoms with E-state index in [0.717, 1.165) is 39.0 Å². The molecule has 54 heavy (non-hydrogen) atoms. The van der Waals surface area contributed by atoms with Crippen LogP contribution in [0.25, 0.3) is 44.2 Å². The molecule has 0 radical (unpaired) electrons. The van der Waals surface area contributed by atoms with E-state index in [0.29, 0.717) is 5.92 Å². The highest BCUT2D eigenvalue weighted by molar-refractivity contribution is 6.13. The first-order valence-corrected chi connectivity index (χ1v) is 18.9. The van der Waals surface area contributed by atoms with Gasteiger partial charge in [-0.1, -0.05) is 141 Å². The molecule has 3 nitrogen and oxygen atoms in total. The fraction of sp³-hybridized carbons (Fsp3) is 0.0980. The van der Waals surface area contributed by atoms with Crippen LogP contribution >= 0.6 is 0 Å². The van der Waals surface area contributed by atoms with E-state index >= 15 is 0 Å². The van der Waals surface area contributed by atoms with Gasteiger partial charge in [-0.3, -0.25) is 0 Å². The Balaban J connectivity index is 1.07. The second-order valence-corrected chi connectivity index (χ2v) is 15.3. The number of nitrogens with zero attached hydrogens (tertiary/aromatic N) is 2. The lowest BCUT2D eigenvalue weighted by Gasteiger charge is -2.31. The quantitative estimate of drug-likeness (QED) is 0.179. The summed E-state index contributed by atoms with van der Waals surface area (Å²) in [6.45, 7) is 4.70. The topological polar surface area (TPSA) is 19.6 Å². The average molecular weight is 695 g/mol. The normalized spacial score (nSPS) is 17.4. The fourth-order valence-electron chi connectivity index (χ4n) is 9.49. The standard InChI is InChI=1S/C51H38N2O/c1-51(2)42-19-8-3-15-37(42)38-31-30-35(32-43(38)51)52(47-23-13-25-49-50(47)41-18-7-12-24-48(41)54-49)34-28-26-33(27-29-34)36-14-4-9-20-44(36)53-45-21-10-5-16-39(45)40-17-6-11-22-46(40)53/h3-32,39,45H,1-2H3. The minimum absolute atomic E-state index is 0.119. The molecule has 2 aliphatic carbocycles. The second-order valence-electron chi connectivity index (χ2n) is 15.3. The molecule has 258 valence electrons. The first-order chi connectivity index (χ1) is 26.6. The minimum Gasteiger partial charge on any atom is -0.456 e. The van der Waals surface area contributed by atoms with Gasteiger partial charge in [-0.2, -0.15) is 0 Å². The number of para-hydroxylation sites is 3. The predicted molar refractivity (Wildman–Crippen MR) is 225 cm³/mol. The van der Waals surface area contributed by atoms with Crippen LogP contribution in [-0.4, -0.2) is 6.04 Å². The third-order valence-corrected chi connectivity index (χ3v) is 12.0. The summed E-state index contributed by atoms with van der Waals surface area (Å²) < 4.78 is 6.43. The van der Waals surface area contributed by atoms with E-state index in [4.69, 9.17) is 4.42 Å². The molecular formula is C51H38N2O. The van der Waals surface area contributed by atoms with Crippen molar-refractivity contribution in [3.05, 3.63) is 199 Å². The number of hydrogen-bond acceptors (Lipinski definition) is 3. The summed E-state index contributed by atoms with van der Waals surface area (Å²) in [7, 11) is 0. The van der Waals surface area contributed by atoms with Gasteiger partial charge >= 0.3 is 0 Å². The van der Waals surface area contributed by atoms with Crippen molar-refractivity contribution >= 4 is 50.4 Å². The van der Waals surface area contributed by atoms with Crippen molar-refractivity contribution in [2.45, 2.75) is 31.2 Å². The summed E-state index contributed by atoms with van der Waals surface area (Å²) in [5.74, 6) is 0.335. The Morgan fingerprint density at radius 2 is 1.24 bits per heavy atom. The zero-order valence-corrected chi connectivity index (χ0v) is 30.3. The monoisotopic (exact) mass is 694 g/mol. The van der Waals surface area contributed by atoms with Gasteiger partial charge in [-0.25, -0.2) is 0 Å². The Bertz CT molecular complexity index is 2840. The Hall–Kier alpha value is -6.58. The smallest absolute Gasteiger partial charge is 0.137 e. The van der Waals surface area contributed by atoms with Crippen LogP contribution in [0.5, 0.6) is 0 Å². The molecule has 0 saturated heterocycles. The van der Waals surface area contributed by atoms with Crippen molar-refractivity contribution < 1.29 is 4.42 Å². The average Bonchev–Trinajstić information content (AvgIpc) is 3.84. The van der Waals surface area contributed by atoms with Crippen LogP contribution in [0.15, 0.2) is 186 Å². The molecule has 11 rings (SSSR count). The van der Waals surface area contributed by atoms with Crippen molar-refractivity contribution in [1.82, 2.24) is 0 Å². The SMILES string of the molecule is CC1(C)c2ccccc2-c2ccc(N(c3ccc(-c4ccccc4N4c5ccccc5C5C=CC=CC54)cc3)c3cccc4oc5ccccc5c34)cc21. The summed E-state index contributed by atoms with van der Waals surface area (Å²) in [4.78, 5) is 4.95. The highest BCUT2D eigenvalue weighted by Crippen LogP contribution is 2.53. The van der Waals surface area contributed by atoms with Crippen LogP contribution in [0.1, 0.15) is 36.5 Å². The number of fused-ring (bicyclic) bond motifs is 9. The van der Waals surface area contributed by atoms with Gasteiger partial charge < -0.3 is 14.2 Å². The molecule has 1 aromatic heterocycles. The lowest BCUT2D eigenvalue weighted by Crippen LogP contribution is -2.28. The molecule has 7 aromatic carbocycles. The van der Waals surface area contributed by atoms with E-state index in [2.05, 4.69) is 200 Å². The molecule has 2 heterocycles. The highest BCUT2D eigenvalue weighted by Gasteiger charge is 2.38. The number of hydrogen-bond donors (Lipinski definition) is 0. The lowest BCUT2D eigenvalue weighted by atomic mass is 9.82. The number of allylic oxidation sites excluding steroid dienone is 2. The van der Waals surface area contributed by atoms with Gasteiger partial charge in [0.05, 0.1) is 17.1 Å². The van der Waals surface area contributed by atoms with Crippen molar-refractivity contribution in [2.24, 2.45) is 0 Å². The fourth-order valence-corrected chi connectivity index (χ4v) is 9.49. The van der Waals surface area contributed by atoms with Gasteiger partial charge in [-0.05, 0) is 88.0 Å². The van der Waals surface area contributed by atoms with E-state index < -0.39 is 0 Å². The largest absolute Gasteiger partial charge is 0.456 e. The minimum atomic E-state index is -0.119. The summed E-state index contributed by atoms with van der Waals surface area (Å²) in [5, 5.41) is 2.23. The van der Waals surface area contributed by atoms with Crippen molar-refractivity contribution in [1.29, 1.82) is 0 Å². The lowest BCUT2D eigenvalue weighted by molar-refractivity contribution is 0.660. The molecule has 3 aliphatic rings. The molecule has 2 atom stereocenters. The number of furan rings is 1. The van der Waals surface area contributed by atoms with E-state index in [1.165, 1.54) is 50.3 Å². The van der Waals surface area contributed by atoms with Crippen molar-refractivity contribution in [3.63, 3.8) is 0 Å². The first-order valence-electron chi connectivity index (χ1n) is 18.9. The van der Waals surface area contributed by atoms with E-state index in [9.17, 15) is 0 Å². The number of benzene rings is 7. The molecule has 0 saturated carbocycles. The zero-order valence-electron chi connectivity index (χ0n) is 30.3. The summed E-state index contributed by atoms with van der Waals surface area (Å²) in [6.07, 6.45) is 9.07. The molecule has 0 N–H and O–H groups in total. The van der Waals surface area contributed by atoms with Crippen LogP contribution in [0, 0.1) is 0 Å². The van der Waals surface area contributed by atoms with E-state index in [-0.39, 0.29) is 11.5 Å². The third-order valence-electron chi connectivity index (χ3n) is 12.0. The molecule has 3 heteroatoms. The molecule has 0 amide bonds. The van der Waals surface area contributed by atoms with Gasteiger partial charge in [0.2, 0.25) is 0 Å². The predicted octanol–water partition coefficient (Wildman–Crippen LogP) is 13.8. The number of rotatable bonds is 5. The van der Waals surface area contributed by atoms with E-state index in [1.54, 1.807) is 0 Å². The van der Waals surface area contributed by atoms with Gasteiger partial charge in [0, 0.05) is 45.0 Å². The molecule has 1 aliphatic heterocycles. The maximum Gasteiger partial charge on any atom is 0.137 e. The van der Waals surface area contributed by atoms with Crippen LogP contribution in [0.4, 0.5) is 28.4 Å². The Morgan fingerprint density at radius 1 is 0.556 bits per heavy atom. The van der Waals surface area contributed by atoms with Crippen LogP contribution in [0.2, 0.25) is 0 Å². The van der Waals surface area contributed by atoms with Crippen molar-refractivity contribution in [3.8, 4) is 22.3 Å². The van der Waals surface area contributed by atoms with Gasteiger partial charge in [0.15, 0.2) is 0 Å². The molecule has 0 fully saturated rings. The Kier molecular flexibility index (Phi) is 6.72. The van der Waals surface area contributed by atoms with Gasteiger partial charge in [0.25, 0.3) is 0 Å². The van der Waals surface area contributed by atoms with Crippen LogP contribution in [-0.2, 0) is 5.41 Å². The zero-order chi connectivity index (χ0) is 36.0. The molecule has 8 aromatic rings. The maximum atomic E-state index is 6.43. The van der Waals surface area contributed by atoms with E-state index in [1.807, 2.05) is 6.07 Å². The molecular weight excluding hydrogens is 657 g/mol. The summed E-state index contributed by atoms with van der Waals surface area (Å²) >= 11 is 0. The summed E-state index contributed by atoms with van der Waals surface area (Å²) in [6, 6.07) is 57.8. The van der Waals surface area contributed by atoms with Crippen molar-refractivity contribution in [2.75, 3.05) is 9.80 Å².